The predicted molar refractivity (Wildman–Crippen MR) is 100 cm³/mol. The van der Waals surface area contributed by atoms with Gasteiger partial charge in [-0.25, -0.2) is 14.4 Å². The van der Waals surface area contributed by atoms with Crippen molar-refractivity contribution in [2.45, 2.75) is 27.1 Å². The zero-order chi connectivity index (χ0) is 19.7. The van der Waals surface area contributed by atoms with Crippen molar-refractivity contribution < 1.29 is 18.4 Å². The van der Waals surface area contributed by atoms with E-state index < -0.39 is 5.82 Å². The fraction of sp³-hybridized carbons (Fsp3) is 0.250. The molecule has 28 heavy (non-hydrogen) atoms. The molecule has 8 heteroatoms. The van der Waals surface area contributed by atoms with Crippen molar-refractivity contribution in [1.82, 2.24) is 20.1 Å². The number of nitrogens with one attached hydrogen (secondary N) is 1. The summed E-state index contributed by atoms with van der Waals surface area (Å²) in [6, 6.07) is 3.40. The first-order chi connectivity index (χ1) is 13.6. The van der Waals surface area contributed by atoms with Gasteiger partial charge >= 0.3 is 0 Å². The van der Waals surface area contributed by atoms with E-state index in [2.05, 4.69) is 20.1 Å². The molecule has 0 unspecified atom stereocenters. The lowest BCUT2D eigenvalue weighted by Gasteiger charge is -2.08. The van der Waals surface area contributed by atoms with Gasteiger partial charge in [-0.2, -0.15) is 0 Å². The molecule has 0 atom stereocenters. The Morgan fingerprint density at radius 1 is 1.11 bits per heavy atom. The Morgan fingerprint density at radius 3 is 2.68 bits per heavy atom. The number of rotatable bonds is 6. The van der Waals surface area contributed by atoms with Crippen molar-refractivity contribution in [3.05, 3.63) is 59.1 Å². The van der Waals surface area contributed by atoms with E-state index in [9.17, 15) is 4.39 Å². The van der Waals surface area contributed by atoms with Gasteiger partial charge in [-0.15, -0.1) is 0 Å². The van der Waals surface area contributed by atoms with Crippen LogP contribution < -0.4 is 4.74 Å². The standard InChI is InChI=1S/C20H19FN4O3/c1-11-18(12(2)28-25-11)13-5-17-15(7-23-19(17)22-6-13)10-27-9-14-4-16(21)8-24-20(14)26-3/h4-8H,9-10H2,1-3H3,(H,22,23). The van der Waals surface area contributed by atoms with Crippen LogP contribution >= 0.6 is 0 Å². The van der Waals surface area contributed by atoms with E-state index in [0.29, 0.717) is 18.1 Å². The Labute approximate surface area is 160 Å². The summed E-state index contributed by atoms with van der Waals surface area (Å²) in [6.07, 6.45) is 4.76. The maximum absolute atomic E-state index is 13.4. The second kappa shape index (κ2) is 7.40. The molecule has 0 bridgehead atoms. The van der Waals surface area contributed by atoms with Gasteiger partial charge in [0.15, 0.2) is 0 Å². The molecule has 4 heterocycles. The minimum absolute atomic E-state index is 0.178. The molecular weight excluding hydrogens is 363 g/mol. The highest BCUT2D eigenvalue weighted by molar-refractivity contribution is 5.85. The maximum atomic E-state index is 13.4. The van der Waals surface area contributed by atoms with E-state index in [1.54, 1.807) is 6.20 Å². The van der Waals surface area contributed by atoms with Gasteiger partial charge in [0.2, 0.25) is 5.88 Å². The first-order valence-electron chi connectivity index (χ1n) is 8.72. The highest BCUT2D eigenvalue weighted by atomic mass is 19.1. The van der Waals surface area contributed by atoms with Crippen molar-refractivity contribution in [1.29, 1.82) is 0 Å². The Kier molecular flexibility index (Phi) is 4.79. The number of fused-ring (bicyclic) bond motifs is 1. The zero-order valence-corrected chi connectivity index (χ0v) is 15.7. The SMILES string of the molecule is COc1ncc(F)cc1COCc1c[nH]c2ncc(-c3c(C)noc3C)cc12. The molecule has 0 aromatic carbocycles. The van der Waals surface area contributed by atoms with Crippen LogP contribution in [0, 0.1) is 19.7 Å². The van der Waals surface area contributed by atoms with Gasteiger partial charge < -0.3 is 19.0 Å². The predicted octanol–water partition coefficient (Wildman–Crippen LogP) is 4.09. The molecule has 144 valence electrons. The average molecular weight is 382 g/mol. The molecule has 0 spiro atoms. The number of aryl methyl sites for hydroxylation is 2. The van der Waals surface area contributed by atoms with Gasteiger partial charge in [0.25, 0.3) is 0 Å². The fourth-order valence-electron chi connectivity index (χ4n) is 3.24. The molecule has 0 fully saturated rings. The summed E-state index contributed by atoms with van der Waals surface area (Å²) in [6.45, 7) is 4.28. The summed E-state index contributed by atoms with van der Waals surface area (Å²) >= 11 is 0. The van der Waals surface area contributed by atoms with Crippen molar-refractivity contribution in [2.75, 3.05) is 7.11 Å². The summed E-state index contributed by atoms with van der Waals surface area (Å²) in [5.74, 6) is 0.667. The fourth-order valence-corrected chi connectivity index (χ4v) is 3.24. The number of ether oxygens (including phenoxy) is 2. The molecule has 0 aliphatic carbocycles. The van der Waals surface area contributed by atoms with E-state index in [1.807, 2.05) is 26.1 Å². The van der Waals surface area contributed by atoms with E-state index in [4.69, 9.17) is 14.0 Å². The average Bonchev–Trinajstić information content (AvgIpc) is 3.24. The number of aromatic amines is 1. The Balaban J connectivity index is 1.56. The molecule has 7 nitrogen and oxygen atoms in total. The van der Waals surface area contributed by atoms with Crippen LogP contribution in [0.4, 0.5) is 4.39 Å². The van der Waals surface area contributed by atoms with E-state index in [-0.39, 0.29) is 6.61 Å². The lowest BCUT2D eigenvalue weighted by Crippen LogP contribution is -2.00. The van der Waals surface area contributed by atoms with Crippen LogP contribution in [-0.4, -0.2) is 27.2 Å². The number of methoxy groups -OCH3 is 1. The lowest BCUT2D eigenvalue weighted by molar-refractivity contribution is 0.105. The largest absolute Gasteiger partial charge is 0.481 e. The van der Waals surface area contributed by atoms with Crippen molar-refractivity contribution in [2.24, 2.45) is 0 Å². The van der Waals surface area contributed by atoms with Gasteiger partial charge in [0, 0.05) is 40.0 Å². The number of H-pyrrole nitrogens is 1. The Morgan fingerprint density at radius 2 is 1.93 bits per heavy atom. The highest BCUT2D eigenvalue weighted by Gasteiger charge is 2.14. The van der Waals surface area contributed by atoms with Crippen LogP contribution in [0.5, 0.6) is 5.88 Å². The van der Waals surface area contributed by atoms with E-state index in [1.165, 1.54) is 13.2 Å². The van der Waals surface area contributed by atoms with Crippen LogP contribution in [0.1, 0.15) is 22.6 Å². The summed E-state index contributed by atoms with van der Waals surface area (Å²) in [7, 11) is 1.49. The van der Waals surface area contributed by atoms with Crippen LogP contribution in [0.3, 0.4) is 0 Å². The Bertz CT molecular complexity index is 1120. The Hall–Kier alpha value is -3.26. The molecule has 0 saturated carbocycles. The second-order valence-electron chi connectivity index (χ2n) is 6.45. The molecule has 4 aromatic rings. The summed E-state index contributed by atoms with van der Waals surface area (Å²) < 4.78 is 29.6. The summed E-state index contributed by atoms with van der Waals surface area (Å²) in [4.78, 5) is 11.5. The molecular formula is C20H19FN4O3. The van der Waals surface area contributed by atoms with Gasteiger partial charge in [0.05, 0.1) is 32.2 Å². The molecule has 0 amide bonds. The molecule has 0 radical (unpaired) electrons. The van der Waals surface area contributed by atoms with Gasteiger partial charge in [-0.3, -0.25) is 0 Å². The molecule has 4 aromatic heterocycles. The van der Waals surface area contributed by atoms with E-state index >= 15 is 0 Å². The van der Waals surface area contributed by atoms with Gasteiger partial charge in [0.1, 0.15) is 17.2 Å². The number of hydrogen-bond donors (Lipinski definition) is 1. The van der Waals surface area contributed by atoms with Crippen LogP contribution in [0.15, 0.2) is 35.2 Å². The molecule has 1 N–H and O–H groups in total. The first-order valence-corrected chi connectivity index (χ1v) is 8.72. The highest BCUT2D eigenvalue weighted by Crippen LogP contribution is 2.30. The third-order valence-electron chi connectivity index (χ3n) is 4.54. The number of halogens is 1. The number of pyridine rings is 2. The van der Waals surface area contributed by atoms with Crippen molar-refractivity contribution in [3.63, 3.8) is 0 Å². The first kappa shape index (κ1) is 18.1. The summed E-state index contributed by atoms with van der Waals surface area (Å²) in [5.41, 5.74) is 4.95. The molecule has 0 saturated heterocycles. The zero-order valence-electron chi connectivity index (χ0n) is 15.7. The summed E-state index contributed by atoms with van der Waals surface area (Å²) in [5, 5.41) is 4.95. The van der Waals surface area contributed by atoms with Gasteiger partial charge in [-0.1, -0.05) is 5.16 Å². The maximum Gasteiger partial charge on any atom is 0.218 e. The quantitative estimate of drug-likeness (QED) is 0.540. The van der Waals surface area contributed by atoms with Crippen LogP contribution in [-0.2, 0) is 18.0 Å². The minimum atomic E-state index is -0.431. The number of aromatic nitrogens is 4. The number of nitrogens with zero attached hydrogens (tertiary/aromatic N) is 3. The molecule has 4 rings (SSSR count). The third kappa shape index (κ3) is 3.34. The molecule has 0 aliphatic rings. The van der Waals surface area contributed by atoms with Gasteiger partial charge in [-0.05, 0) is 26.0 Å². The number of hydrogen-bond acceptors (Lipinski definition) is 6. The normalized spacial score (nSPS) is 11.3. The van der Waals surface area contributed by atoms with Crippen LogP contribution in [0.25, 0.3) is 22.2 Å². The van der Waals surface area contributed by atoms with E-state index in [0.717, 1.165) is 45.4 Å². The molecule has 0 aliphatic heterocycles. The third-order valence-corrected chi connectivity index (χ3v) is 4.54. The van der Waals surface area contributed by atoms with Crippen molar-refractivity contribution >= 4 is 11.0 Å². The smallest absolute Gasteiger partial charge is 0.218 e. The minimum Gasteiger partial charge on any atom is -0.481 e. The lowest BCUT2D eigenvalue weighted by atomic mass is 10.0. The topological polar surface area (TPSA) is 86.1 Å². The monoisotopic (exact) mass is 382 g/mol. The van der Waals surface area contributed by atoms with Crippen molar-refractivity contribution in [3.8, 4) is 17.0 Å². The second-order valence-corrected chi connectivity index (χ2v) is 6.45. The van der Waals surface area contributed by atoms with Crippen LogP contribution in [0.2, 0.25) is 0 Å².